The van der Waals surface area contributed by atoms with Crippen LogP contribution in [0.5, 0.6) is 0 Å². The minimum atomic E-state index is -0.273. The van der Waals surface area contributed by atoms with E-state index in [0.717, 1.165) is 32.1 Å². The summed E-state index contributed by atoms with van der Waals surface area (Å²) in [4.78, 5) is 22.4. The molecule has 0 heterocycles. The second-order valence-corrected chi connectivity index (χ2v) is 4.83. The summed E-state index contributed by atoms with van der Waals surface area (Å²) in [5, 5.41) is 0. The monoisotopic (exact) mass is 288 g/mol. The molecule has 20 heavy (non-hydrogen) atoms. The normalized spacial score (nSPS) is 11.9. The van der Waals surface area contributed by atoms with Gasteiger partial charge in [0.15, 0.2) is 0 Å². The number of hydrogen-bond donors (Lipinski definition) is 0. The van der Waals surface area contributed by atoms with E-state index in [1.165, 1.54) is 6.92 Å². The van der Waals surface area contributed by atoms with Crippen LogP contribution >= 0.6 is 0 Å². The van der Waals surface area contributed by atoms with Crippen LogP contribution < -0.4 is 0 Å². The summed E-state index contributed by atoms with van der Waals surface area (Å²) >= 11 is 0. The van der Waals surface area contributed by atoms with Crippen molar-refractivity contribution in [3.05, 3.63) is 0 Å². The van der Waals surface area contributed by atoms with E-state index < -0.39 is 0 Å². The van der Waals surface area contributed by atoms with Gasteiger partial charge in [0.05, 0.1) is 6.61 Å². The van der Waals surface area contributed by atoms with E-state index in [4.69, 9.17) is 14.2 Å². The molecular formula is C15H28O5. The van der Waals surface area contributed by atoms with Gasteiger partial charge in [-0.3, -0.25) is 9.59 Å². The van der Waals surface area contributed by atoms with Gasteiger partial charge < -0.3 is 14.2 Å². The summed E-state index contributed by atoms with van der Waals surface area (Å²) in [6.45, 7) is 4.55. The van der Waals surface area contributed by atoms with Crippen molar-refractivity contribution in [2.24, 2.45) is 0 Å². The maximum absolute atomic E-state index is 11.4. The number of methoxy groups -OCH3 is 1. The van der Waals surface area contributed by atoms with Crippen LogP contribution in [-0.2, 0) is 23.8 Å². The molecule has 0 rings (SSSR count). The Morgan fingerprint density at radius 3 is 2.40 bits per heavy atom. The fraction of sp³-hybridized carbons (Fsp3) is 0.867. The average molecular weight is 288 g/mol. The van der Waals surface area contributed by atoms with E-state index in [2.05, 4.69) is 6.92 Å². The molecule has 0 N–H and O–H groups in total. The van der Waals surface area contributed by atoms with E-state index in [1.807, 2.05) is 0 Å². The van der Waals surface area contributed by atoms with Crippen molar-refractivity contribution in [3.8, 4) is 0 Å². The lowest BCUT2D eigenvalue weighted by Crippen LogP contribution is -2.18. The Balaban J connectivity index is 3.70. The zero-order valence-electron chi connectivity index (χ0n) is 13.0. The number of carbonyl (C=O) groups excluding carboxylic acids is 2. The highest BCUT2D eigenvalue weighted by Gasteiger charge is 2.12. The standard InChI is InChI=1S/C15H28O5/c1-4-5-11-19-15(17)9-7-6-8-14(10-12-18-3)20-13(2)16/h14H,4-12H2,1-3H3/t14-/m0/s1. The summed E-state index contributed by atoms with van der Waals surface area (Å²) in [7, 11) is 1.62. The first-order chi connectivity index (χ1) is 9.60. The molecule has 0 bridgehead atoms. The molecule has 0 aliphatic rings. The van der Waals surface area contributed by atoms with Gasteiger partial charge in [-0.15, -0.1) is 0 Å². The maximum Gasteiger partial charge on any atom is 0.305 e. The third-order valence-electron chi connectivity index (χ3n) is 2.89. The maximum atomic E-state index is 11.4. The molecule has 0 spiro atoms. The lowest BCUT2D eigenvalue weighted by Gasteiger charge is -2.16. The molecule has 0 fully saturated rings. The predicted molar refractivity (Wildman–Crippen MR) is 76.4 cm³/mol. The van der Waals surface area contributed by atoms with E-state index in [1.54, 1.807) is 7.11 Å². The minimum absolute atomic E-state index is 0.122. The number of unbranched alkanes of at least 4 members (excludes halogenated alkanes) is 2. The van der Waals surface area contributed by atoms with Crippen molar-refractivity contribution >= 4 is 11.9 Å². The summed E-state index contributed by atoms with van der Waals surface area (Å²) in [5.41, 5.74) is 0. The molecule has 0 aromatic rings. The third kappa shape index (κ3) is 12.0. The minimum Gasteiger partial charge on any atom is -0.466 e. The van der Waals surface area contributed by atoms with E-state index in [-0.39, 0.29) is 18.0 Å². The SMILES string of the molecule is CCCCOC(=O)CCCC[C@@H](CCOC)OC(C)=O. The fourth-order valence-electron chi connectivity index (χ4n) is 1.79. The molecule has 118 valence electrons. The molecule has 5 heteroatoms. The van der Waals surface area contributed by atoms with Gasteiger partial charge in [0.25, 0.3) is 0 Å². The Labute approximate surface area is 122 Å². The van der Waals surface area contributed by atoms with Crippen molar-refractivity contribution in [3.63, 3.8) is 0 Å². The van der Waals surface area contributed by atoms with E-state index in [0.29, 0.717) is 26.1 Å². The van der Waals surface area contributed by atoms with Gasteiger partial charge in [0.1, 0.15) is 6.10 Å². The first kappa shape index (κ1) is 18.9. The topological polar surface area (TPSA) is 61.8 Å². The molecular weight excluding hydrogens is 260 g/mol. The summed E-state index contributed by atoms with van der Waals surface area (Å²) in [6, 6.07) is 0. The molecule has 0 saturated heterocycles. The van der Waals surface area contributed by atoms with E-state index in [9.17, 15) is 9.59 Å². The van der Waals surface area contributed by atoms with Crippen LogP contribution in [0.15, 0.2) is 0 Å². The molecule has 0 saturated carbocycles. The lowest BCUT2D eigenvalue weighted by molar-refractivity contribution is -0.148. The second-order valence-electron chi connectivity index (χ2n) is 4.83. The largest absolute Gasteiger partial charge is 0.466 e. The highest BCUT2D eigenvalue weighted by atomic mass is 16.5. The van der Waals surface area contributed by atoms with Gasteiger partial charge in [-0.25, -0.2) is 0 Å². The Kier molecular flexibility index (Phi) is 12.2. The van der Waals surface area contributed by atoms with Gasteiger partial charge in [-0.05, 0) is 25.7 Å². The molecule has 0 aliphatic heterocycles. The van der Waals surface area contributed by atoms with Gasteiger partial charge >= 0.3 is 11.9 Å². The lowest BCUT2D eigenvalue weighted by atomic mass is 10.1. The van der Waals surface area contributed by atoms with E-state index >= 15 is 0 Å². The van der Waals surface area contributed by atoms with Crippen LogP contribution in [0.3, 0.4) is 0 Å². The van der Waals surface area contributed by atoms with Crippen LogP contribution in [0, 0.1) is 0 Å². The molecule has 5 nitrogen and oxygen atoms in total. The highest BCUT2D eigenvalue weighted by Crippen LogP contribution is 2.11. The smallest absolute Gasteiger partial charge is 0.305 e. The van der Waals surface area contributed by atoms with Crippen molar-refractivity contribution in [2.75, 3.05) is 20.3 Å². The first-order valence-electron chi connectivity index (χ1n) is 7.41. The summed E-state index contributed by atoms with van der Waals surface area (Å²) in [5.74, 6) is -0.413. The van der Waals surface area contributed by atoms with Crippen molar-refractivity contribution in [1.29, 1.82) is 0 Å². The summed E-state index contributed by atoms with van der Waals surface area (Å²) in [6.07, 6.45) is 5.29. The van der Waals surface area contributed by atoms with Crippen LogP contribution in [0.25, 0.3) is 0 Å². The fourth-order valence-corrected chi connectivity index (χ4v) is 1.79. The molecule has 0 amide bonds. The van der Waals surface area contributed by atoms with Gasteiger partial charge in [-0.1, -0.05) is 13.3 Å². The zero-order chi connectivity index (χ0) is 15.2. The number of esters is 2. The van der Waals surface area contributed by atoms with Crippen molar-refractivity contribution < 1.29 is 23.8 Å². The quantitative estimate of drug-likeness (QED) is 0.408. The zero-order valence-corrected chi connectivity index (χ0v) is 13.0. The number of ether oxygens (including phenoxy) is 3. The van der Waals surface area contributed by atoms with Crippen LogP contribution in [0.1, 0.15) is 58.8 Å². The molecule has 0 aromatic carbocycles. The Hall–Kier alpha value is -1.10. The Bertz CT molecular complexity index is 265. The van der Waals surface area contributed by atoms with Crippen molar-refractivity contribution in [1.82, 2.24) is 0 Å². The predicted octanol–water partition coefficient (Wildman–Crippen LogP) is 2.86. The van der Waals surface area contributed by atoms with Gasteiger partial charge in [-0.2, -0.15) is 0 Å². The van der Waals surface area contributed by atoms with Gasteiger partial charge in [0.2, 0.25) is 0 Å². The summed E-state index contributed by atoms with van der Waals surface area (Å²) < 4.78 is 15.3. The van der Waals surface area contributed by atoms with Gasteiger partial charge in [0, 0.05) is 33.5 Å². The highest BCUT2D eigenvalue weighted by molar-refractivity contribution is 5.69. The second kappa shape index (κ2) is 12.9. The molecule has 1 atom stereocenters. The molecule has 0 aliphatic carbocycles. The Morgan fingerprint density at radius 2 is 1.80 bits per heavy atom. The average Bonchev–Trinajstić information content (AvgIpc) is 2.40. The Morgan fingerprint density at radius 1 is 1.05 bits per heavy atom. The first-order valence-corrected chi connectivity index (χ1v) is 7.41. The van der Waals surface area contributed by atoms with Crippen molar-refractivity contribution in [2.45, 2.75) is 64.9 Å². The molecule has 0 aromatic heterocycles. The molecule has 0 radical (unpaired) electrons. The molecule has 0 unspecified atom stereocenters. The van der Waals surface area contributed by atoms with Crippen LogP contribution in [0.4, 0.5) is 0 Å². The van der Waals surface area contributed by atoms with Crippen LogP contribution in [0.2, 0.25) is 0 Å². The number of hydrogen-bond acceptors (Lipinski definition) is 5. The third-order valence-corrected chi connectivity index (χ3v) is 2.89. The van der Waals surface area contributed by atoms with Crippen LogP contribution in [-0.4, -0.2) is 38.4 Å². The number of rotatable bonds is 12. The number of carbonyl (C=O) groups is 2.